The van der Waals surface area contributed by atoms with Gasteiger partial charge in [-0.3, -0.25) is 14.1 Å². The lowest BCUT2D eigenvalue weighted by atomic mass is 9.87. The molecule has 1 amide bonds. The van der Waals surface area contributed by atoms with Crippen molar-refractivity contribution in [2.24, 2.45) is 0 Å². The number of Topliss-reactive ketones (excluding diaryl/α,β-unsaturated/α-hetero) is 1. The van der Waals surface area contributed by atoms with Gasteiger partial charge in [0.2, 0.25) is 5.91 Å². The summed E-state index contributed by atoms with van der Waals surface area (Å²) < 4.78 is 30.9. The molecule has 0 unspecified atom stereocenters. The van der Waals surface area contributed by atoms with Crippen LogP contribution in [0.5, 0.6) is 0 Å². The molecular weight excluding hydrogens is 596 g/mol. The van der Waals surface area contributed by atoms with Gasteiger partial charge in [0.15, 0.2) is 5.78 Å². The topological polar surface area (TPSA) is 113 Å². The Kier molecular flexibility index (Phi) is 10.9. The first-order valence-electron chi connectivity index (χ1n) is 15.5. The summed E-state index contributed by atoms with van der Waals surface area (Å²) in [5.74, 6) is -0.871. The number of hydrogen-bond donors (Lipinski definition) is 3. The van der Waals surface area contributed by atoms with Crippen molar-refractivity contribution in [1.82, 2.24) is 0 Å². The molecule has 242 valence electrons. The summed E-state index contributed by atoms with van der Waals surface area (Å²) in [5.41, 5.74) is 9.99. The second-order valence-electron chi connectivity index (χ2n) is 13.1. The first-order chi connectivity index (χ1) is 21.6. The second-order valence-corrected chi connectivity index (χ2v) is 14.7. The lowest BCUT2D eigenvalue weighted by Gasteiger charge is -2.22. The standard InChI is InChI=1S/C38H44N2O5S/c1-25-22-26(2)36(27(3)23-25)30-11-9-28(10-12-30)24-34(37(42)40-33-19-15-31(16-20-33)38(4,5)6)39-32-17-13-29(14-18-32)35(41)8-7-21-46(43,44)45/h9-20,22-23,34,39H,7-8,21,24H2,1-6H3,(H,40,42)(H,43,44,45)/t34-/m0/s1. The van der Waals surface area contributed by atoms with Gasteiger partial charge in [0.1, 0.15) is 6.04 Å². The highest BCUT2D eigenvalue weighted by atomic mass is 32.2. The molecule has 4 aromatic rings. The molecule has 1 atom stereocenters. The number of ketones is 1. The van der Waals surface area contributed by atoms with Gasteiger partial charge in [-0.1, -0.05) is 74.9 Å². The highest BCUT2D eigenvalue weighted by Crippen LogP contribution is 2.29. The predicted octanol–water partition coefficient (Wildman–Crippen LogP) is 8.09. The summed E-state index contributed by atoms with van der Waals surface area (Å²) in [6.07, 6.45) is 0.468. The Balaban J connectivity index is 1.53. The van der Waals surface area contributed by atoms with Gasteiger partial charge >= 0.3 is 0 Å². The predicted molar refractivity (Wildman–Crippen MR) is 187 cm³/mol. The third-order valence-electron chi connectivity index (χ3n) is 8.05. The number of rotatable bonds is 12. The van der Waals surface area contributed by atoms with Gasteiger partial charge in [0.25, 0.3) is 10.1 Å². The van der Waals surface area contributed by atoms with Crippen LogP contribution in [0, 0.1) is 20.8 Å². The zero-order valence-corrected chi connectivity index (χ0v) is 28.3. The van der Waals surface area contributed by atoms with Gasteiger partial charge < -0.3 is 10.6 Å². The third kappa shape index (κ3) is 9.61. The number of aryl methyl sites for hydroxylation is 3. The molecule has 0 aliphatic heterocycles. The summed E-state index contributed by atoms with van der Waals surface area (Å²) in [6, 6.07) is 26.7. The molecule has 0 saturated carbocycles. The molecule has 0 aliphatic rings. The maximum atomic E-state index is 13.7. The largest absolute Gasteiger partial charge is 0.373 e. The van der Waals surface area contributed by atoms with Crippen LogP contribution < -0.4 is 10.6 Å². The van der Waals surface area contributed by atoms with Crippen molar-refractivity contribution in [2.75, 3.05) is 16.4 Å². The lowest BCUT2D eigenvalue weighted by Crippen LogP contribution is -2.36. The SMILES string of the molecule is Cc1cc(C)c(-c2ccc(C[C@H](Nc3ccc(C(=O)CCCS(=O)(=O)O)cc3)C(=O)Nc3ccc(C(C)(C)C)cc3)cc2)c(C)c1. The molecule has 0 bridgehead atoms. The molecule has 0 aromatic heterocycles. The maximum absolute atomic E-state index is 13.7. The zero-order valence-electron chi connectivity index (χ0n) is 27.5. The number of benzene rings is 4. The Hall–Kier alpha value is -4.27. The molecule has 0 saturated heterocycles. The summed E-state index contributed by atoms with van der Waals surface area (Å²) >= 11 is 0. The molecule has 0 heterocycles. The first kappa shape index (κ1) is 34.6. The van der Waals surface area contributed by atoms with Gasteiger partial charge in [0, 0.05) is 29.8 Å². The summed E-state index contributed by atoms with van der Waals surface area (Å²) in [6.45, 7) is 12.8. The van der Waals surface area contributed by atoms with Gasteiger partial charge in [-0.05, 0) is 102 Å². The van der Waals surface area contributed by atoms with Crippen LogP contribution in [0.15, 0.2) is 84.9 Å². The smallest absolute Gasteiger partial charge is 0.264 e. The molecular formula is C38H44N2O5S. The zero-order chi connectivity index (χ0) is 33.6. The molecule has 0 aliphatic carbocycles. The molecule has 3 N–H and O–H groups in total. The Morgan fingerprint density at radius 2 is 1.37 bits per heavy atom. The molecule has 0 radical (unpaired) electrons. The van der Waals surface area contributed by atoms with Crippen LogP contribution in [0.1, 0.15) is 71.8 Å². The van der Waals surface area contributed by atoms with E-state index in [0.717, 1.165) is 11.1 Å². The van der Waals surface area contributed by atoms with Crippen LogP contribution in [-0.2, 0) is 26.7 Å². The van der Waals surface area contributed by atoms with Crippen LogP contribution >= 0.6 is 0 Å². The quantitative estimate of drug-likeness (QED) is 0.107. The van der Waals surface area contributed by atoms with Crippen LogP contribution in [0.4, 0.5) is 11.4 Å². The van der Waals surface area contributed by atoms with Crippen LogP contribution in [0.3, 0.4) is 0 Å². The molecule has 46 heavy (non-hydrogen) atoms. The highest BCUT2D eigenvalue weighted by Gasteiger charge is 2.21. The van der Waals surface area contributed by atoms with Gasteiger partial charge in [-0.2, -0.15) is 8.42 Å². The fourth-order valence-corrected chi connectivity index (χ4v) is 6.19. The fraction of sp³-hybridized carbons (Fsp3) is 0.316. The second kappa shape index (κ2) is 14.4. The molecule has 7 nitrogen and oxygen atoms in total. The minimum absolute atomic E-state index is 0.00146. The fourth-order valence-electron chi connectivity index (χ4n) is 5.68. The normalized spacial score (nSPS) is 12.4. The van der Waals surface area contributed by atoms with E-state index in [9.17, 15) is 18.0 Å². The van der Waals surface area contributed by atoms with Crippen molar-refractivity contribution in [3.05, 3.63) is 118 Å². The number of anilines is 2. The van der Waals surface area contributed by atoms with E-state index in [2.05, 4.69) is 88.6 Å². The molecule has 0 spiro atoms. The maximum Gasteiger partial charge on any atom is 0.264 e. The summed E-state index contributed by atoms with van der Waals surface area (Å²) in [4.78, 5) is 26.2. The van der Waals surface area contributed by atoms with Crippen molar-refractivity contribution in [3.8, 4) is 11.1 Å². The van der Waals surface area contributed by atoms with Crippen molar-refractivity contribution in [1.29, 1.82) is 0 Å². The van der Waals surface area contributed by atoms with Crippen molar-refractivity contribution >= 4 is 33.2 Å². The van der Waals surface area contributed by atoms with E-state index in [1.54, 1.807) is 24.3 Å². The van der Waals surface area contributed by atoms with Crippen molar-refractivity contribution in [2.45, 2.75) is 72.3 Å². The molecule has 8 heteroatoms. The first-order valence-corrected chi connectivity index (χ1v) is 17.1. The minimum atomic E-state index is -4.11. The van der Waals surface area contributed by atoms with E-state index in [0.29, 0.717) is 23.4 Å². The third-order valence-corrected chi connectivity index (χ3v) is 8.85. The van der Waals surface area contributed by atoms with E-state index in [-0.39, 0.29) is 29.9 Å². The van der Waals surface area contributed by atoms with Crippen LogP contribution in [0.2, 0.25) is 0 Å². The Morgan fingerprint density at radius 1 is 0.804 bits per heavy atom. The van der Waals surface area contributed by atoms with E-state index in [1.165, 1.54) is 27.8 Å². The summed E-state index contributed by atoms with van der Waals surface area (Å²) in [7, 11) is -4.11. The van der Waals surface area contributed by atoms with E-state index in [4.69, 9.17) is 4.55 Å². The van der Waals surface area contributed by atoms with E-state index >= 15 is 0 Å². The summed E-state index contributed by atoms with van der Waals surface area (Å²) in [5, 5.41) is 6.41. The Labute approximate surface area is 273 Å². The molecule has 0 fully saturated rings. The average molecular weight is 641 g/mol. The van der Waals surface area contributed by atoms with Crippen molar-refractivity contribution in [3.63, 3.8) is 0 Å². The van der Waals surface area contributed by atoms with E-state index < -0.39 is 21.9 Å². The van der Waals surface area contributed by atoms with Gasteiger partial charge in [-0.25, -0.2) is 0 Å². The number of carbonyl (C=O) groups is 2. The average Bonchev–Trinajstić information content (AvgIpc) is 2.96. The minimum Gasteiger partial charge on any atom is -0.373 e. The Morgan fingerprint density at radius 3 is 1.91 bits per heavy atom. The molecule has 4 rings (SSSR count). The number of carbonyl (C=O) groups excluding carboxylic acids is 2. The van der Waals surface area contributed by atoms with Crippen LogP contribution in [0.25, 0.3) is 11.1 Å². The lowest BCUT2D eigenvalue weighted by molar-refractivity contribution is -0.116. The van der Waals surface area contributed by atoms with E-state index in [1.807, 2.05) is 24.3 Å². The highest BCUT2D eigenvalue weighted by molar-refractivity contribution is 7.85. The number of nitrogens with one attached hydrogen (secondary N) is 2. The Bertz CT molecular complexity index is 1770. The molecule has 4 aromatic carbocycles. The number of hydrogen-bond acceptors (Lipinski definition) is 5. The van der Waals surface area contributed by atoms with Crippen molar-refractivity contribution < 1.29 is 22.6 Å². The van der Waals surface area contributed by atoms with Gasteiger partial charge in [0.05, 0.1) is 5.75 Å². The van der Waals surface area contributed by atoms with Crippen LogP contribution in [-0.4, -0.2) is 36.5 Å². The van der Waals surface area contributed by atoms with Gasteiger partial charge in [-0.15, -0.1) is 0 Å². The number of amides is 1. The monoisotopic (exact) mass is 640 g/mol.